The van der Waals surface area contributed by atoms with Crippen molar-refractivity contribution in [2.45, 2.75) is 39.1 Å². The van der Waals surface area contributed by atoms with E-state index in [-0.39, 0.29) is 17.3 Å². The largest absolute Gasteiger partial charge is 0.454 e. The molecule has 0 saturated heterocycles. The van der Waals surface area contributed by atoms with Crippen LogP contribution in [-0.4, -0.2) is 48.7 Å². The Labute approximate surface area is 190 Å². The Morgan fingerprint density at radius 1 is 1.12 bits per heavy atom. The fourth-order valence-corrected chi connectivity index (χ4v) is 4.84. The molecule has 32 heavy (non-hydrogen) atoms. The fraction of sp³-hybridized carbons (Fsp3) is 0.333. The Bertz CT molecular complexity index is 1110. The summed E-state index contributed by atoms with van der Waals surface area (Å²) in [6, 6.07) is 8.00. The molecule has 2 aromatic rings. The molecule has 0 aliphatic heterocycles. The zero-order valence-corrected chi connectivity index (χ0v) is 19.8. The van der Waals surface area contributed by atoms with Gasteiger partial charge in [0.25, 0.3) is 0 Å². The number of ketones is 1. The Balaban J connectivity index is 1.99. The summed E-state index contributed by atoms with van der Waals surface area (Å²) in [6.07, 6.45) is 4.48. The number of Topliss-reactive ketones (excluding diaryl/α,β-unsaturated/α-hetero) is 1. The number of ether oxygens (including phenoxy) is 1. The molecule has 2 rings (SSSR count). The van der Waals surface area contributed by atoms with Gasteiger partial charge < -0.3 is 9.30 Å². The number of aryl methyl sites for hydroxylation is 1. The third-order valence-electron chi connectivity index (χ3n) is 5.17. The molecule has 1 heterocycles. The highest BCUT2D eigenvalue weighted by Gasteiger charge is 2.21. The minimum Gasteiger partial charge on any atom is -0.454 e. The first-order valence-corrected chi connectivity index (χ1v) is 11.9. The molecule has 7 nitrogen and oxygen atoms in total. The number of carbonyl (C=O) groups excluding carboxylic acids is 2. The van der Waals surface area contributed by atoms with Crippen molar-refractivity contribution >= 4 is 27.9 Å². The average molecular weight is 459 g/mol. The fourth-order valence-electron chi connectivity index (χ4n) is 3.38. The number of rotatable bonds is 11. The summed E-state index contributed by atoms with van der Waals surface area (Å²) in [5.41, 5.74) is 2.90. The number of sulfonamides is 1. The van der Waals surface area contributed by atoms with Crippen LogP contribution >= 0.6 is 0 Å². The molecule has 0 bridgehead atoms. The summed E-state index contributed by atoms with van der Waals surface area (Å²) in [6.45, 7) is 12.1. The molecule has 0 saturated carbocycles. The van der Waals surface area contributed by atoms with Crippen LogP contribution < -0.4 is 0 Å². The van der Waals surface area contributed by atoms with Crippen LogP contribution in [0.2, 0.25) is 0 Å². The normalized spacial score (nSPS) is 11.8. The van der Waals surface area contributed by atoms with Gasteiger partial charge in [0, 0.05) is 42.7 Å². The second-order valence-corrected chi connectivity index (χ2v) is 9.14. The number of esters is 1. The first-order valence-electron chi connectivity index (χ1n) is 10.4. The Morgan fingerprint density at radius 2 is 1.75 bits per heavy atom. The monoisotopic (exact) mass is 458 g/mol. The summed E-state index contributed by atoms with van der Waals surface area (Å²) in [5, 5.41) is 0. The smallest absolute Gasteiger partial charge is 0.331 e. The lowest BCUT2D eigenvalue weighted by Crippen LogP contribution is -2.30. The van der Waals surface area contributed by atoms with E-state index in [0.29, 0.717) is 30.8 Å². The van der Waals surface area contributed by atoms with Gasteiger partial charge in [0.15, 0.2) is 6.61 Å². The maximum absolute atomic E-state index is 12.5. The van der Waals surface area contributed by atoms with Gasteiger partial charge in [0.2, 0.25) is 15.8 Å². The number of aromatic nitrogens is 1. The van der Waals surface area contributed by atoms with Gasteiger partial charge in [0.05, 0.1) is 4.90 Å². The van der Waals surface area contributed by atoms with Crippen LogP contribution in [0.3, 0.4) is 0 Å². The van der Waals surface area contributed by atoms with E-state index in [1.165, 1.54) is 28.6 Å². The molecule has 0 fully saturated rings. The van der Waals surface area contributed by atoms with Crippen molar-refractivity contribution < 1.29 is 22.7 Å². The van der Waals surface area contributed by atoms with E-state index in [9.17, 15) is 18.0 Å². The summed E-state index contributed by atoms with van der Waals surface area (Å²) < 4.78 is 33.4. The van der Waals surface area contributed by atoms with E-state index < -0.39 is 16.0 Å². The van der Waals surface area contributed by atoms with E-state index >= 15 is 0 Å². The first kappa shape index (κ1) is 25.3. The predicted molar refractivity (Wildman–Crippen MR) is 125 cm³/mol. The molecule has 1 aromatic carbocycles. The van der Waals surface area contributed by atoms with E-state index in [2.05, 4.69) is 6.58 Å². The van der Waals surface area contributed by atoms with Gasteiger partial charge in [-0.25, -0.2) is 13.2 Å². The zero-order valence-electron chi connectivity index (χ0n) is 19.0. The van der Waals surface area contributed by atoms with Crippen molar-refractivity contribution in [2.24, 2.45) is 0 Å². The molecule has 0 unspecified atom stereocenters. The second-order valence-electron chi connectivity index (χ2n) is 7.21. The van der Waals surface area contributed by atoms with Gasteiger partial charge in [-0.1, -0.05) is 32.1 Å². The molecule has 0 amide bonds. The molecular formula is C24H30N2O5S. The molecule has 0 aliphatic carbocycles. The predicted octanol–water partition coefficient (Wildman–Crippen LogP) is 3.76. The van der Waals surface area contributed by atoms with Crippen molar-refractivity contribution in [1.29, 1.82) is 0 Å². The highest BCUT2D eigenvalue weighted by molar-refractivity contribution is 7.89. The van der Waals surface area contributed by atoms with E-state index in [1.54, 1.807) is 38.1 Å². The molecule has 0 N–H and O–H groups in total. The van der Waals surface area contributed by atoms with Gasteiger partial charge in [-0.05, 0) is 43.7 Å². The van der Waals surface area contributed by atoms with Gasteiger partial charge in [-0.3, -0.25) is 4.79 Å². The van der Waals surface area contributed by atoms with E-state index in [0.717, 1.165) is 11.4 Å². The van der Waals surface area contributed by atoms with Crippen LogP contribution in [0.25, 0.3) is 6.08 Å². The van der Waals surface area contributed by atoms with Crippen LogP contribution in [0.4, 0.5) is 0 Å². The number of hydrogen-bond donors (Lipinski definition) is 0. The lowest BCUT2D eigenvalue weighted by molar-refractivity contribution is -0.136. The summed E-state index contributed by atoms with van der Waals surface area (Å²) in [5.74, 6) is -0.931. The quantitative estimate of drug-likeness (QED) is 0.222. The summed E-state index contributed by atoms with van der Waals surface area (Å²) in [7, 11) is -3.53. The standard InChI is InChI=1S/C24H30N2O5S/c1-6-15-26-18(4)16-22(19(26)5)23(27)17-31-24(28)14-11-20-9-12-21(13-10-20)32(29,30)25(7-2)8-3/h6,9-14,16H,1,7-8,15,17H2,2-5H3/b14-11+. The number of nitrogens with zero attached hydrogens (tertiary/aromatic N) is 2. The molecular weight excluding hydrogens is 428 g/mol. The molecule has 0 spiro atoms. The lowest BCUT2D eigenvalue weighted by atomic mass is 10.1. The maximum atomic E-state index is 12.5. The minimum atomic E-state index is -3.53. The third-order valence-corrected chi connectivity index (χ3v) is 7.23. The highest BCUT2D eigenvalue weighted by atomic mass is 32.2. The number of hydrogen-bond acceptors (Lipinski definition) is 5. The first-order chi connectivity index (χ1) is 15.1. The molecule has 172 valence electrons. The molecule has 1 aromatic heterocycles. The number of carbonyl (C=O) groups is 2. The van der Waals surface area contributed by atoms with Crippen molar-refractivity contribution in [1.82, 2.24) is 8.87 Å². The molecule has 0 atom stereocenters. The van der Waals surface area contributed by atoms with Crippen LogP contribution in [0, 0.1) is 13.8 Å². The Kier molecular flexibility index (Phi) is 8.74. The minimum absolute atomic E-state index is 0.195. The average Bonchev–Trinajstić information content (AvgIpc) is 3.05. The second kappa shape index (κ2) is 11.1. The summed E-state index contributed by atoms with van der Waals surface area (Å²) in [4.78, 5) is 24.7. The topological polar surface area (TPSA) is 85.7 Å². The third kappa shape index (κ3) is 5.83. The van der Waals surface area contributed by atoms with Crippen molar-refractivity contribution in [2.75, 3.05) is 19.7 Å². The van der Waals surface area contributed by atoms with E-state index in [1.807, 2.05) is 18.4 Å². The lowest BCUT2D eigenvalue weighted by Gasteiger charge is -2.18. The highest BCUT2D eigenvalue weighted by Crippen LogP contribution is 2.18. The van der Waals surface area contributed by atoms with Crippen LogP contribution in [0.15, 0.2) is 54.0 Å². The van der Waals surface area contributed by atoms with Gasteiger partial charge in [-0.15, -0.1) is 6.58 Å². The Morgan fingerprint density at radius 3 is 2.31 bits per heavy atom. The summed E-state index contributed by atoms with van der Waals surface area (Å²) >= 11 is 0. The van der Waals surface area contributed by atoms with Gasteiger partial charge >= 0.3 is 5.97 Å². The molecule has 0 radical (unpaired) electrons. The van der Waals surface area contributed by atoms with E-state index in [4.69, 9.17) is 4.74 Å². The Hall–Kier alpha value is -2.97. The zero-order chi connectivity index (χ0) is 23.9. The van der Waals surface area contributed by atoms with Crippen molar-refractivity contribution in [3.05, 3.63) is 71.6 Å². The van der Waals surface area contributed by atoms with Gasteiger partial charge in [0.1, 0.15) is 0 Å². The SMILES string of the molecule is C=CCn1c(C)cc(C(=O)COC(=O)/C=C/c2ccc(S(=O)(=O)N(CC)CC)cc2)c1C. The van der Waals surface area contributed by atoms with Crippen LogP contribution in [-0.2, 0) is 26.1 Å². The maximum Gasteiger partial charge on any atom is 0.331 e. The van der Waals surface area contributed by atoms with Crippen LogP contribution in [0.1, 0.15) is 41.2 Å². The molecule has 0 aliphatic rings. The van der Waals surface area contributed by atoms with Crippen molar-refractivity contribution in [3.8, 4) is 0 Å². The van der Waals surface area contributed by atoms with Crippen LogP contribution in [0.5, 0.6) is 0 Å². The van der Waals surface area contributed by atoms with Gasteiger partial charge in [-0.2, -0.15) is 4.31 Å². The number of benzene rings is 1. The molecule has 8 heteroatoms. The number of allylic oxidation sites excluding steroid dienone is 1. The van der Waals surface area contributed by atoms with Crippen molar-refractivity contribution in [3.63, 3.8) is 0 Å².